The van der Waals surface area contributed by atoms with Gasteiger partial charge in [-0.2, -0.15) is 35.5 Å². The van der Waals surface area contributed by atoms with Crippen LogP contribution in [0.15, 0.2) is 109 Å². The Morgan fingerprint density at radius 1 is 0.636 bits per heavy atom. The topological polar surface area (TPSA) is 122 Å². The van der Waals surface area contributed by atoms with Gasteiger partial charge in [-0.25, -0.2) is 16.8 Å². The number of fused-ring (bicyclic) bond motifs is 9. The number of hydrogen-bond donors (Lipinski definition) is 0. The highest BCUT2D eigenvalue weighted by atomic mass is 32.2. The van der Waals surface area contributed by atoms with E-state index >= 15 is 0 Å². The van der Waals surface area contributed by atoms with Crippen LogP contribution in [-0.4, -0.2) is 37.0 Å². The molecule has 0 unspecified atom stereocenters. The Balaban J connectivity index is 0.000000272. The molecule has 0 radical (unpaired) electrons. The molecule has 0 atom stereocenters. The number of alkyl halides is 6. The summed E-state index contributed by atoms with van der Waals surface area (Å²) in [5, 5.41) is 4.90. The van der Waals surface area contributed by atoms with Crippen molar-refractivity contribution in [1.82, 2.24) is 0 Å². The van der Waals surface area contributed by atoms with Crippen molar-refractivity contribution in [3.8, 4) is 33.6 Å². The molecule has 5 heterocycles. The zero-order valence-corrected chi connectivity index (χ0v) is 30.7. The lowest BCUT2D eigenvalue weighted by Gasteiger charge is -2.23. The number of hydrogen-bond acceptors (Lipinski definition) is 7. The summed E-state index contributed by atoms with van der Waals surface area (Å²) >= 11 is 1.80. The first kappa shape index (κ1) is 39.7. The van der Waals surface area contributed by atoms with E-state index in [1.54, 1.807) is 11.3 Å². The number of rotatable bonds is 3. The third-order valence-electron chi connectivity index (χ3n) is 8.85. The van der Waals surface area contributed by atoms with E-state index in [9.17, 15) is 26.3 Å². The van der Waals surface area contributed by atoms with Crippen LogP contribution in [0.5, 0.6) is 0 Å². The van der Waals surface area contributed by atoms with Gasteiger partial charge in [-0.3, -0.25) is 0 Å². The molecule has 3 aromatic carbocycles. The average Bonchev–Trinajstić information content (AvgIpc) is 3.62. The fourth-order valence-electron chi connectivity index (χ4n) is 6.33. The summed E-state index contributed by atoms with van der Waals surface area (Å²) in [7, 11) is -12.2. The molecule has 0 amide bonds. The lowest BCUT2D eigenvalue weighted by Crippen LogP contribution is -2.43. The molecule has 0 spiro atoms. The van der Waals surface area contributed by atoms with E-state index in [0.29, 0.717) is 0 Å². The summed E-state index contributed by atoms with van der Waals surface area (Å²) in [6.07, 6.45) is 11.2. The van der Waals surface area contributed by atoms with Crippen LogP contribution in [-0.2, 0) is 46.2 Å². The van der Waals surface area contributed by atoms with Gasteiger partial charge in [0.2, 0.25) is 11.4 Å². The van der Waals surface area contributed by atoms with E-state index in [0.717, 1.165) is 25.9 Å². The van der Waals surface area contributed by atoms with Crippen LogP contribution in [0.4, 0.5) is 26.3 Å². The van der Waals surface area contributed by atoms with Gasteiger partial charge < -0.3 is 9.11 Å². The van der Waals surface area contributed by atoms with E-state index in [1.165, 1.54) is 66.0 Å². The van der Waals surface area contributed by atoms with Gasteiger partial charge in [0, 0.05) is 35.9 Å². The Hall–Kier alpha value is -4.94. The number of thiophene rings is 1. The van der Waals surface area contributed by atoms with Crippen LogP contribution in [0.25, 0.3) is 56.6 Å². The molecule has 0 N–H and O–H groups in total. The van der Waals surface area contributed by atoms with E-state index in [-0.39, 0.29) is 0 Å². The normalized spacial score (nSPS) is 13.7. The predicted molar refractivity (Wildman–Crippen MR) is 193 cm³/mol. The Morgan fingerprint density at radius 2 is 1.20 bits per heavy atom. The second kappa shape index (κ2) is 15.3. The second-order valence-electron chi connectivity index (χ2n) is 12.4. The zero-order valence-electron chi connectivity index (χ0n) is 28.2. The minimum atomic E-state index is -6.09. The first-order valence-corrected chi connectivity index (χ1v) is 20.0. The monoisotopic (exact) mass is 818 g/mol. The molecule has 55 heavy (non-hydrogen) atoms. The van der Waals surface area contributed by atoms with E-state index in [4.69, 9.17) is 25.9 Å². The predicted octanol–water partition coefficient (Wildman–Crippen LogP) is 7.86. The van der Waals surface area contributed by atoms with Crippen molar-refractivity contribution in [1.29, 1.82) is 0 Å². The SMILES string of the molecule is C(=Cc1cc(-c2ccccc2)cs1)c1cc[n+]2c(c1)-c1c(ccc3c1-c1c4ccccc4cc[n+]1CC3)CC2.O=S(=O)([O-])C(F)(F)F.O=S(=O)([O-])C(F)(F)F. The molecule has 3 aromatic heterocycles. The molecule has 0 saturated heterocycles. The lowest BCUT2D eigenvalue weighted by molar-refractivity contribution is -0.689. The largest absolute Gasteiger partial charge is 0.741 e. The molecule has 286 valence electrons. The number of aryl methyl sites for hydroxylation is 4. The Bertz CT molecular complexity index is 2600. The molecule has 2 aliphatic rings. The van der Waals surface area contributed by atoms with Crippen LogP contribution in [0.3, 0.4) is 0 Å². The Kier molecular flexibility index (Phi) is 11.1. The van der Waals surface area contributed by atoms with Crippen molar-refractivity contribution in [3.05, 3.63) is 130 Å². The molecule has 0 aliphatic carbocycles. The van der Waals surface area contributed by atoms with Gasteiger partial charge in [0.05, 0.1) is 16.5 Å². The smallest absolute Gasteiger partial charge is 0.485 e. The first-order chi connectivity index (χ1) is 25.8. The highest BCUT2D eigenvalue weighted by Crippen LogP contribution is 2.41. The molecule has 17 heteroatoms. The van der Waals surface area contributed by atoms with Crippen LogP contribution in [0, 0.1) is 0 Å². The van der Waals surface area contributed by atoms with Gasteiger partial charge >= 0.3 is 11.0 Å². The van der Waals surface area contributed by atoms with E-state index < -0.39 is 31.3 Å². The quantitative estimate of drug-likeness (QED) is 0.0776. The van der Waals surface area contributed by atoms with Crippen LogP contribution < -0.4 is 9.13 Å². The summed E-state index contributed by atoms with van der Waals surface area (Å²) < 4.78 is 123. The first-order valence-electron chi connectivity index (χ1n) is 16.3. The van der Waals surface area contributed by atoms with Crippen molar-refractivity contribution in [2.24, 2.45) is 0 Å². The van der Waals surface area contributed by atoms with Crippen molar-refractivity contribution in [2.75, 3.05) is 0 Å². The number of benzene rings is 3. The number of halogens is 6. The zero-order chi connectivity index (χ0) is 39.8. The fourth-order valence-corrected chi connectivity index (χ4v) is 7.14. The maximum absolute atomic E-state index is 10.7. The minimum Gasteiger partial charge on any atom is -0.741 e. The maximum Gasteiger partial charge on any atom is 0.485 e. The van der Waals surface area contributed by atoms with Crippen molar-refractivity contribution in [3.63, 3.8) is 0 Å². The average molecular weight is 819 g/mol. The molecule has 0 bridgehead atoms. The van der Waals surface area contributed by atoms with Gasteiger partial charge in [-0.05, 0) is 56.8 Å². The van der Waals surface area contributed by atoms with Gasteiger partial charge in [0.1, 0.15) is 0 Å². The third kappa shape index (κ3) is 8.81. The van der Waals surface area contributed by atoms with Crippen molar-refractivity contribution < 1.29 is 61.4 Å². The lowest BCUT2D eigenvalue weighted by atomic mass is 9.83. The highest BCUT2D eigenvalue weighted by Gasteiger charge is 2.38. The standard InChI is InChI=1S/C36H28N2S.2CHF3O3S/c1-2-6-26(7-3-1)30-23-31(39-24-30)13-10-25-14-18-37-19-16-28-11-12-29-17-21-38-20-15-27-8-4-5-9-32(27)36(38)35(29)34(28)33(37)22-25;2*2-1(3,4)8(5,6)7/h1-15,18,20,22-24H,16-17,19,21H2;2*(H,5,6,7)/q+2;;/p-2. The summed E-state index contributed by atoms with van der Waals surface area (Å²) in [5.74, 6) is 0. The highest BCUT2D eigenvalue weighted by molar-refractivity contribution is 7.86. The van der Waals surface area contributed by atoms with Gasteiger partial charge in [0.25, 0.3) is 0 Å². The molecular weight excluding hydrogens is 791 g/mol. The number of nitrogens with zero attached hydrogens (tertiary/aromatic N) is 2. The molecule has 8 rings (SSSR count). The van der Waals surface area contributed by atoms with Gasteiger partial charge in [-0.15, -0.1) is 11.3 Å². The molecular formula is C38H28F6N2O6S3. The molecule has 0 saturated carbocycles. The maximum atomic E-state index is 10.7. The summed E-state index contributed by atoms with van der Waals surface area (Å²) in [5.41, 5.74) is 0.963. The van der Waals surface area contributed by atoms with Crippen LogP contribution in [0.1, 0.15) is 21.6 Å². The number of aromatic nitrogens is 2. The van der Waals surface area contributed by atoms with Crippen LogP contribution >= 0.6 is 11.3 Å². The molecule has 6 aromatic rings. The van der Waals surface area contributed by atoms with E-state index in [1.807, 2.05) is 0 Å². The number of pyridine rings is 2. The summed E-state index contributed by atoms with van der Waals surface area (Å²) in [6, 6.07) is 33.4. The summed E-state index contributed by atoms with van der Waals surface area (Å²) in [4.78, 5) is 1.27. The second-order valence-corrected chi connectivity index (χ2v) is 16.0. The fraction of sp³-hybridized carbons (Fsp3) is 0.158. The Morgan fingerprint density at radius 3 is 1.84 bits per heavy atom. The van der Waals surface area contributed by atoms with Gasteiger partial charge in [0.15, 0.2) is 45.7 Å². The third-order valence-corrected chi connectivity index (χ3v) is 10.9. The molecule has 0 fully saturated rings. The van der Waals surface area contributed by atoms with Crippen molar-refractivity contribution in [2.45, 2.75) is 36.9 Å². The molecule has 8 nitrogen and oxygen atoms in total. The molecule has 2 aliphatic heterocycles. The van der Waals surface area contributed by atoms with E-state index in [2.05, 4.69) is 130 Å². The van der Waals surface area contributed by atoms with Crippen LogP contribution in [0.2, 0.25) is 0 Å². The van der Waals surface area contributed by atoms with Crippen molar-refractivity contribution >= 4 is 54.5 Å². The Labute approximate surface area is 315 Å². The minimum absolute atomic E-state index is 1.02. The summed E-state index contributed by atoms with van der Waals surface area (Å²) in [6.45, 7) is 2.05. The van der Waals surface area contributed by atoms with Gasteiger partial charge in [-0.1, -0.05) is 66.7 Å².